The lowest BCUT2D eigenvalue weighted by molar-refractivity contribution is -0.137. The molecule has 0 radical (unpaired) electrons. The molecule has 0 bridgehead atoms. The van der Waals surface area contributed by atoms with Crippen LogP contribution in [0, 0.1) is 0 Å². The van der Waals surface area contributed by atoms with Crippen molar-refractivity contribution in [1.82, 2.24) is 9.97 Å². The number of H-pyrrole nitrogens is 1. The van der Waals surface area contributed by atoms with Gasteiger partial charge in [-0.15, -0.1) is 0 Å². The van der Waals surface area contributed by atoms with E-state index in [9.17, 15) is 13.2 Å². The second-order valence-corrected chi connectivity index (χ2v) is 5.72. The quantitative estimate of drug-likeness (QED) is 0.674. The van der Waals surface area contributed by atoms with Crippen LogP contribution in [-0.2, 0) is 12.6 Å². The molecule has 0 saturated carbocycles. The Kier molecular flexibility index (Phi) is 4.57. The van der Waals surface area contributed by atoms with E-state index in [4.69, 9.17) is 5.73 Å². The molecule has 0 amide bonds. The number of aromatic nitrogens is 2. The molecule has 0 aliphatic carbocycles. The van der Waals surface area contributed by atoms with Gasteiger partial charge in [0.15, 0.2) is 0 Å². The first kappa shape index (κ1) is 16.5. The molecule has 0 unspecified atom stereocenters. The molecule has 3 nitrogen and oxygen atoms in total. The van der Waals surface area contributed by atoms with E-state index in [0.29, 0.717) is 23.9 Å². The summed E-state index contributed by atoms with van der Waals surface area (Å²) in [5.41, 5.74) is 8.29. The first-order valence-electron chi connectivity index (χ1n) is 7.83. The third kappa shape index (κ3) is 3.28. The zero-order valence-corrected chi connectivity index (χ0v) is 13.0. The van der Waals surface area contributed by atoms with Crippen LogP contribution in [0.15, 0.2) is 42.7 Å². The average molecular weight is 333 g/mol. The topological polar surface area (TPSA) is 54.7 Å². The third-order valence-corrected chi connectivity index (χ3v) is 4.08. The van der Waals surface area contributed by atoms with Crippen molar-refractivity contribution in [1.29, 1.82) is 0 Å². The maximum Gasteiger partial charge on any atom is 0.416 e. The van der Waals surface area contributed by atoms with Crippen molar-refractivity contribution in [2.24, 2.45) is 5.73 Å². The van der Waals surface area contributed by atoms with Crippen LogP contribution in [0.1, 0.15) is 24.0 Å². The minimum absolute atomic E-state index is 0.570. The molecular weight excluding hydrogens is 315 g/mol. The molecule has 0 aliphatic rings. The Labute approximate surface area is 137 Å². The zero-order chi connectivity index (χ0) is 17.2. The lowest BCUT2D eigenvalue weighted by Gasteiger charge is -2.08. The number of pyridine rings is 1. The summed E-state index contributed by atoms with van der Waals surface area (Å²) in [6.07, 6.45) is 1.34. The molecule has 126 valence electrons. The Bertz CT molecular complexity index is 823. The van der Waals surface area contributed by atoms with Gasteiger partial charge in [-0.3, -0.25) is 4.98 Å². The molecule has 0 spiro atoms. The lowest BCUT2D eigenvalue weighted by Crippen LogP contribution is -2.04. The van der Waals surface area contributed by atoms with Gasteiger partial charge in [-0.2, -0.15) is 13.2 Å². The summed E-state index contributed by atoms with van der Waals surface area (Å²) in [4.78, 5) is 7.26. The molecular formula is C18H18F3N3. The van der Waals surface area contributed by atoms with Crippen molar-refractivity contribution < 1.29 is 13.2 Å². The van der Waals surface area contributed by atoms with Gasteiger partial charge in [0, 0.05) is 34.6 Å². The monoisotopic (exact) mass is 333 g/mol. The lowest BCUT2D eigenvalue weighted by atomic mass is 9.99. The van der Waals surface area contributed by atoms with Crippen molar-refractivity contribution >= 4 is 10.9 Å². The Morgan fingerprint density at radius 3 is 2.46 bits per heavy atom. The van der Waals surface area contributed by atoms with Crippen LogP contribution in [0.2, 0.25) is 0 Å². The smallest absolute Gasteiger partial charge is 0.354 e. The van der Waals surface area contributed by atoms with E-state index >= 15 is 0 Å². The molecule has 3 rings (SSSR count). The highest BCUT2D eigenvalue weighted by Crippen LogP contribution is 2.36. The van der Waals surface area contributed by atoms with E-state index in [0.717, 1.165) is 35.7 Å². The molecule has 0 aliphatic heterocycles. The number of nitrogens with zero attached hydrogens (tertiary/aromatic N) is 1. The summed E-state index contributed by atoms with van der Waals surface area (Å²) >= 11 is 0. The molecule has 6 heteroatoms. The van der Waals surface area contributed by atoms with Gasteiger partial charge in [0.25, 0.3) is 0 Å². The van der Waals surface area contributed by atoms with Gasteiger partial charge in [-0.1, -0.05) is 0 Å². The van der Waals surface area contributed by atoms with Crippen LogP contribution >= 0.6 is 0 Å². The van der Waals surface area contributed by atoms with Gasteiger partial charge in [0.2, 0.25) is 0 Å². The highest BCUT2D eigenvalue weighted by atomic mass is 19.4. The van der Waals surface area contributed by atoms with Crippen LogP contribution in [0.3, 0.4) is 0 Å². The van der Waals surface area contributed by atoms with E-state index in [1.807, 2.05) is 12.1 Å². The molecule has 0 fully saturated rings. The number of nitrogens with two attached hydrogens (primary N) is 1. The molecule has 0 saturated heterocycles. The molecule has 0 atom stereocenters. The molecule has 2 aromatic heterocycles. The third-order valence-electron chi connectivity index (χ3n) is 4.08. The Morgan fingerprint density at radius 1 is 1.04 bits per heavy atom. The van der Waals surface area contributed by atoms with Crippen LogP contribution in [0.5, 0.6) is 0 Å². The summed E-state index contributed by atoms with van der Waals surface area (Å²) in [6, 6.07) is 7.53. The molecule has 3 aromatic rings. The van der Waals surface area contributed by atoms with Gasteiger partial charge < -0.3 is 10.7 Å². The van der Waals surface area contributed by atoms with Gasteiger partial charge in [-0.05, 0) is 61.7 Å². The number of hydrogen-bond acceptors (Lipinski definition) is 2. The number of alkyl halides is 3. The highest BCUT2D eigenvalue weighted by molar-refractivity contribution is 5.91. The first-order chi connectivity index (χ1) is 11.5. The summed E-state index contributed by atoms with van der Waals surface area (Å²) in [5.74, 6) is 0. The fourth-order valence-corrected chi connectivity index (χ4v) is 2.89. The van der Waals surface area contributed by atoms with Crippen LogP contribution in [0.4, 0.5) is 13.2 Å². The minimum atomic E-state index is -4.35. The van der Waals surface area contributed by atoms with Gasteiger partial charge in [-0.25, -0.2) is 0 Å². The predicted molar refractivity (Wildman–Crippen MR) is 88.5 cm³/mol. The van der Waals surface area contributed by atoms with Crippen molar-refractivity contribution in [3.63, 3.8) is 0 Å². The maximum atomic E-state index is 13.0. The van der Waals surface area contributed by atoms with Gasteiger partial charge in [0.05, 0.1) is 5.56 Å². The van der Waals surface area contributed by atoms with Crippen molar-refractivity contribution in [2.75, 3.05) is 6.54 Å². The summed E-state index contributed by atoms with van der Waals surface area (Å²) in [7, 11) is 0. The van der Waals surface area contributed by atoms with E-state index < -0.39 is 11.7 Å². The zero-order valence-electron chi connectivity index (χ0n) is 13.0. The number of aryl methyl sites for hydroxylation is 1. The number of hydrogen-bond donors (Lipinski definition) is 2. The summed E-state index contributed by atoms with van der Waals surface area (Å²) < 4.78 is 39.1. The number of nitrogens with one attached hydrogen (secondary N) is 1. The van der Waals surface area contributed by atoms with E-state index in [1.54, 1.807) is 12.4 Å². The van der Waals surface area contributed by atoms with Crippen LogP contribution < -0.4 is 5.73 Å². The SMILES string of the molecule is NCCCCc1c(-c2ccncc2)[nH]c2ccc(C(F)(F)F)cc12. The molecule has 24 heavy (non-hydrogen) atoms. The first-order valence-corrected chi connectivity index (χ1v) is 7.83. The predicted octanol–water partition coefficient (Wildman–Crippen LogP) is 4.53. The number of fused-ring (bicyclic) bond motifs is 1. The maximum absolute atomic E-state index is 13.0. The second-order valence-electron chi connectivity index (χ2n) is 5.72. The number of halogens is 3. The van der Waals surface area contributed by atoms with Crippen LogP contribution in [-0.4, -0.2) is 16.5 Å². The van der Waals surface area contributed by atoms with Gasteiger partial charge in [0.1, 0.15) is 0 Å². The van der Waals surface area contributed by atoms with Gasteiger partial charge >= 0.3 is 6.18 Å². The summed E-state index contributed by atoms with van der Waals surface area (Å²) in [6.45, 7) is 0.570. The van der Waals surface area contributed by atoms with E-state index in [2.05, 4.69) is 9.97 Å². The molecule has 2 heterocycles. The standard InChI is InChI=1S/C18H18F3N3/c19-18(20,21)13-4-5-16-15(11-13)14(3-1-2-8-22)17(24-16)12-6-9-23-10-7-12/h4-7,9-11,24H,1-3,8,22H2. The van der Waals surface area contributed by atoms with E-state index in [-0.39, 0.29) is 0 Å². The normalized spacial score (nSPS) is 12.0. The van der Waals surface area contributed by atoms with E-state index in [1.165, 1.54) is 12.1 Å². The Balaban J connectivity index is 2.14. The van der Waals surface area contributed by atoms with Crippen molar-refractivity contribution in [2.45, 2.75) is 25.4 Å². The Morgan fingerprint density at radius 2 is 1.79 bits per heavy atom. The van der Waals surface area contributed by atoms with Crippen LogP contribution in [0.25, 0.3) is 22.2 Å². The highest BCUT2D eigenvalue weighted by Gasteiger charge is 2.31. The molecule has 1 aromatic carbocycles. The number of rotatable bonds is 5. The largest absolute Gasteiger partial charge is 0.416 e. The van der Waals surface area contributed by atoms with Crippen molar-refractivity contribution in [3.05, 3.63) is 53.9 Å². The second kappa shape index (κ2) is 6.65. The van der Waals surface area contributed by atoms with Crippen molar-refractivity contribution in [3.8, 4) is 11.3 Å². The number of aromatic amines is 1. The fourth-order valence-electron chi connectivity index (χ4n) is 2.89. The fraction of sp³-hybridized carbons (Fsp3) is 0.278. The Hall–Kier alpha value is -2.34. The summed E-state index contributed by atoms with van der Waals surface area (Å²) in [5, 5.41) is 0.619. The number of benzene rings is 1. The number of unbranched alkanes of at least 4 members (excludes halogenated alkanes) is 1. The molecule has 3 N–H and O–H groups in total. The minimum Gasteiger partial charge on any atom is -0.354 e. The average Bonchev–Trinajstić information content (AvgIpc) is 2.93.